The molecule has 0 saturated carbocycles. The van der Waals surface area contributed by atoms with Gasteiger partial charge in [0.2, 0.25) is 0 Å². The zero-order chi connectivity index (χ0) is 9.94. The van der Waals surface area contributed by atoms with Gasteiger partial charge in [0, 0.05) is 13.1 Å². The monoisotopic (exact) mass is 183 g/mol. The van der Waals surface area contributed by atoms with Crippen LogP contribution in [-0.4, -0.2) is 36.8 Å². The number of hydrogen-bond donors (Lipinski definition) is 1. The highest BCUT2D eigenvalue weighted by Gasteiger charge is 1.90. The van der Waals surface area contributed by atoms with E-state index >= 15 is 0 Å². The van der Waals surface area contributed by atoms with Crippen molar-refractivity contribution in [1.82, 2.24) is 4.90 Å². The molecule has 2 heteroatoms. The van der Waals surface area contributed by atoms with Crippen LogP contribution >= 0.6 is 0 Å². The van der Waals surface area contributed by atoms with Crippen molar-refractivity contribution in [3.05, 3.63) is 24.3 Å². The number of nitrogens with zero attached hydrogens (tertiary/aromatic N) is 1. The molecule has 0 aromatic heterocycles. The van der Waals surface area contributed by atoms with Crippen LogP contribution in [0, 0.1) is 0 Å². The van der Waals surface area contributed by atoms with Gasteiger partial charge in [-0.3, -0.25) is 0 Å². The van der Waals surface area contributed by atoms with E-state index in [0.717, 1.165) is 25.9 Å². The maximum Gasteiger partial charge on any atom is 0.0558 e. The van der Waals surface area contributed by atoms with E-state index in [4.69, 9.17) is 5.11 Å². The van der Waals surface area contributed by atoms with Gasteiger partial charge in [0.25, 0.3) is 0 Å². The van der Waals surface area contributed by atoms with E-state index in [2.05, 4.69) is 29.2 Å². The molecule has 0 rings (SSSR count). The predicted octanol–water partition coefficient (Wildman–Crippen LogP) is 1.82. The molecule has 0 amide bonds. The van der Waals surface area contributed by atoms with Gasteiger partial charge in [0.05, 0.1) is 6.61 Å². The highest BCUT2D eigenvalue weighted by molar-refractivity contribution is 4.87. The number of unbranched alkanes of at least 4 members (excludes halogenated alkanes) is 1. The summed E-state index contributed by atoms with van der Waals surface area (Å²) in [6.45, 7) is 3.96. The summed E-state index contributed by atoms with van der Waals surface area (Å²) in [6.07, 6.45) is 10.8. The van der Waals surface area contributed by atoms with Crippen LogP contribution in [0.5, 0.6) is 0 Å². The minimum Gasteiger partial charge on any atom is -0.395 e. The van der Waals surface area contributed by atoms with E-state index in [9.17, 15) is 0 Å². The third-order valence-corrected chi connectivity index (χ3v) is 1.80. The molecule has 2 nitrogen and oxygen atoms in total. The third kappa shape index (κ3) is 9.31. The lowest BCUT2D eigenvalue weighted by Gasteiger charge is -2.11. The summed E-state index contributed by atoms with van der Waals surface area (Å²) in [5, 5.41) is 8.63. The summed E-state index contributed by atoms with van der Waals surface area (Å²) in [6, 6.07) is 0. The maximum atomic E-state index is 8.63. The normalized spacial score (nSPS) is 12.3. The molecule has 0 unspecified atom stereocenters. The lowest BCUT2D eigenvalue weighted by molar-refractivity contribution is 0.232. The number of likely N-dealkylation sites (N-methyl/N-ethyl adjacent to an activating group) is 1. The van der Waals surface area contributed by atoms with Gasteiger partial charge in [-0.15, -0.1) is 0 Å². The first kappa shape index (κ1) is 12.4. The minimum absolute atomic E-state index is 0.239. The van der Waals surface area contributed by atoms with E-state index in [0.29, 0.717) is 0 Å². The zero-order valence-electron chi connectivity index (χ0n) is 8.74. The largest absolute Gasteiger partial charge is 0.395 e. The van der Waals surface area contributed by atoms with Crippen molar-refractivity contribution in [3.8, 4) is 0 Å². The Balaban J connectivity index is 3.29. The third-order valence-electron chi connectivity index (χ3n) is 1.80. The molecule has 0 radical (unpaired) electrons. The fourth-order valence-corrected chi connectivity index (χ4v) is 0.993. The second kappa shape index (κ2) is 9.49. The van der Waals surface area contributed by atoms with Crippen molar-refractivity contribution in [2.45, 2.75) is 19.8 Å². The zero-order valence-corrected chi connectivity index (χ0v) is 8.74. The van der Waals surface area contributed by atoms with Crippen LogP contribution in [0.15, 0.2) is 24.3 Å². The minimum atomic E-state index is 0.239. The van der Waals surface area contributed by atoms with Gasteiger partial charge in [0.15, 0.2) is 0 Å². The van der Waals surface area contributed by atoms with Crippen LogP contribution < -0.4 is 0 Å². The second-order valence-corrected chi connectivity index (χ2v) is 3.10. The summed E-state index contributed by atoms with van der Waals surface area (Å²) in [4.78, 5) is 2.09. The molecular formula is C11H21NO. The summed E-state index contributed by atoms with van der Waals surface area (Å²) < 4.78 is 0. The van der Waals surface area contributed by atoms with Gasteiger partial charge in [-0.25, -0.2) is 0 Å². The average Bonchev–Trinajstić information content (AvgIpc) is 2.11. The summed E-state index contributed by atoms with van der Waals surface area (Å²) in [5.74, 6) is 0. The van der Waals surface area contributed by atoms with E-state index in [1.54, 1.807) is 0 Å². The fraction of sp³-hybridized carbons (Fsp3) is 0.636. The molecule has 0 aromatic carbocycles. The topological polar surface area (TPSA) is 23.5 Å². The molecular weight excluding hydrogens is 162 g/mol. The van der Waals surface area contributed by atoms with Crippen molar-refractivity contribution in [1.29, 1.82) is 0 Å². The van der Waals surface area contributed by atoms with Crippen LogP contribution in [0.3, 0.4) is 0 Å². The lowest BCUT2D eigenvalue weighted by Crippen LogP contribution is -2.21. The van der Waals surface area contributed by atoms with Crippen LogP contribution in [0.1, 0.15) is 19.8 Å². The molecule has 0 fully saturated rings. The van der Waals surface area contributed by atoms with Gasteiger partial charge < -0.3 is 10.0 Å². The maximum absolute atomic E-state index is 8.63. The molecule has 0 aromatic rings. The van der Waals surface area contributed by atoms with Gasteiger partial charge in [-0.1, -0.05) is 24.3 Å². The molecule has 1 N–H and O–H groups in total. The number of aliphatic hydroxyl groups excluding tert-OH is 1. The standard InChI is InChI=1S/C11H21NO/c1-3-4-5-6-7-8-9-12(2)10-11-13/h3-4,7-8,13H,5-6,9-11H2,1-2H3. The average molecular weight is 183 g/mol. The Labute approximate surface area is 81.6 Å². The first-order valence-electron chi connectivity index (χ1n) is 4.86. The molecule has 0 saturated heterocycles. The van der Waals surface area contributed by atoms with Crippen LogP contribution in [0.2, 0.25) is 0 Å². The fourth-order valence-electron chi connectivity index (χ4n) is 0.993. The van der Waals surface area contributed by atoms with E-state index in [1.165, 1.54) is 0 Å². The van der Waals surface area contributed by atoms with Gasteiger partial charge in [0.1, 0.15) is 0 Å². The Morgan fingerprint density at radius 3 is 2.46 bits per heavy atom. The van der Waals surface area contributed by atoms with Crippen molar-refractivity contribution >= 4 is 0 Å². The Bertz CT molecular complexity index is 152. The van der Waals surface area contributed by atoms with Crippen LogP contribution in [0.25, 0.3) is 0 Å². The summed E-state index contributed by atoms with van der Waals surface area (Å²) >= 11 is 0. The van der Waals surface area contributed by atoms with Crippen molar-refractivity contribution in [3.63, 3.8) is 0 Å². The molecule has 0 heterocycles. The molecule has 76 valence electrons. The quantitative estimate of drug-likeness (QED) is 0.481. The predicted molar refractivity (Wildman–Crippen MR) is 57.8 cm³/mol. The second-order valence-electron chi connectivity index (χ2n) is 3.10. The molecule has 0 bridgehead atoms. The number of allylic oxidation sites excluding steroid dienone is 3. The van der Waals surface area contributed by atoms with E-state index in [-0.39, 0.29) is 6.61 Å². The first-order chi connectivity index (χ1) is 6.31. The highest BCUT2D eigenvalue weighted by Crippen LogP contribution is 1.93. The van der Waals surface area contributed by atoms with Crippen molar-refractivity contribution < 1.29 is 5.11 Å². The molecule has 0 spiro atoms. The Kier molecular flexibility index (Phi) is 9.05. The van der Waals surface area contributed by atoms with E-state index in [1.807, 2.05) is 14.0 Å². The Morgan fingerprint density at radius 2 is 1.85 bits per heavy atom. The Morgan fingerprint density at radius 1 is 1.15 bits per heavy atom. The SMILES string of the molecule is CC=CCCC=CCN(C)CCO. The lowest BCUT2D eigenvalue weighted by atomic mass is 10.2. The highest BCUT2D eigenvalue weighted by atomic mass is 16.3. The molecule has 0 aliphatic heterocycles. The molecule has 13 heavy (non-hydrogen) atoms. The van der Waals surface area contributed by atoms with Gasteiger partial charge in [-0.05, 0) is 26.8 Å². The molecule has 0 aliphatic carbocycles. The van der Waals surface area contributed by atoms with Crippen molar-refractivity contribution in [2.75, 3.05) is 26.7 Å². The smallest absolute Gasteiger partial charge is 0.0558 e. The summed E-state index contributed by atoms with van der Waals surface area (Å²) in [5.41, 5.74) is 0. The number of aliphatic hydroxyl groups is 1. The first-order valence-corrected chi connectivity index (χ1v) is 4.86. The Hall–Kier alpha value is -0.600. The number of hydrogen-bond acceptors (Lipinski definition) is 2. The summed E-state index contributed by atoms with van der Waals surface area (Å²) in [7, 11) is 2.01. The number of rotatable bonds is 7. The van der Waals surface area contributed by atoms with Crippen molar-refractivity contribution in [2.24, 2.45) is 0 Å². The van der Waals surface area contributed by atoms with Crippen LogP contribution in [0.4, 0.5) is 0 Å². The van der Waals surface area contributed by atoms with Gasteiger partial charge >= 0.3 is 0 Å². The molecule has 0 aliphatic rings. The molecule has 0 atom stereocenters. The van der Waals surface area contributed by atoms with Crippen LogP contribution in [-0.2, 0) is 0 Å². The van der Waals surface area contributed by atoms with Gasteiger partial charge in [-0.2, -0.15) is 0 Å². The van der Waals surface area contributed by atoms with E-state index < -0.39 is 0 Å².